The minimum atomic E-state index is 0.541. The van der Waals surface area contributed by atoms with E-state index < -0.39 is 0 Å². The second kappa shape index (κ2) is 9.55. The molecule has 0 amide bonds. The van der Waals surface area contributed by atoms with E-state index in [9.17, 15) is 0 Å². The maximum atomic E-state index is 5.49. The van der Waals surface area contributed by atoms with E-state index in [0.29, 0.717) is 27.4 Å². The predicted octanol–water partition coefficient (Wildman–Crippen LogP) is 5.07. The summed E-state index contributed by atoms with van der Waals surface area (Å²) in [6.45, 7) is 8.59. The Morgan fingerprint density at radius 2 is 1.24 bits per heavy atom. The van der Waals surface area contributed by atoms with Gasteiger partial charge in [0.15, 0.2) is 14.3 Å². The number of H-pyrrole nitrogens is 1. The van der Waals surface area contributed by atoms with Gasteiger partial charge in [0, 0.05) is 13.1 Å². The summed E-state index contributed by atoms with van der Waals surface area (Å²) in [7, 11) is 0. The van der Waals surface area contributed by atoms with Crippen molar-refractivity contribution in [3.05, 3.63) is 63.9 Å². The number of rotatable bonds is 8. The van der Waals surface area contributed by atoms with Crippen LogP contribution in [0.3, 0.4) is 0 Å². The van der Waals surface area contributed by atoms with E-state index in [1.165, 1.54) is 0 Å². The Bertz CT molecular complexity index is 660. The molecule has 0 aromatic carbocycles. The number of aromatic amines is 1. The van der Waals surface area contributed by atoms with Gasteiger partial charge in [0.05, 0.1) is 0 Å². The summed E-state index contributed by atoms with van der Waals surface area (Å²) in [5.74, 6) is 0. The summed E-state index contributed by atoms with van der Waals surface area (Å²) in [6, 6.07) is 0. The molecule has 0 aliphatic carbocycles. The third-order valence-corrected chi connectivity index (χ3v) is 3.77. The highest BCUT2D eigenvalue weighted by Crippen LogP contribution is 2.01. The Hall–Kier alpha value is -1.37. The molecule has 0 spiro atoms. The van der Waals surface area contributed by atoms with Gasteiger partial charge >= 0.3 is 0 Å². The Labute approximate surface area is 140 Å². The van der Waals surface area contributed by atoms with Crippen LogP contribution in [0.1, 0.15) is 12.8 Å². The van der Waals surface area contributed by atoms with Crippen molar-refractivity contribution < 1.29 is 0 Å². The first-order valence-corrected chi connectivity index (χ1v) is 7.80. The quantitative estimate of drug-likeness (QED) is 0.529. The van der Waals surface area contributed by atoms with E-state index in [1.807, 2.05) is 45.6 Å². The lowest BCUT2D eigenvalue weighted by molar-refractivity contribution is 0.621. The van der Waals surface area contributed by atoms with Gasteiger partial charge in [-0.05, 0) is 49.5 Å². The first-order chi connectivity index (χ1) is 10.1. The van der Waals surface area contributed by atoms with E-state index in [0.717, 1.165) is 12.8 Å². The van der Waals surface area contributed by atoms with E-state index in [1.54, 1.807) is 0 Å². The van der Waals surface area contributed by atoms with Crippen molar-refractivity contribution in [3.63, 3.8) is 0 Å². The van der Waals surface area contributed by atoms with Crippen LogP contribution in [0, 0.1) is 14.3 Å². The first-order valence-electron chi connectivity index (χ1n) is 6.57. The SMILES string of the molecule is C=CC/C=C\Cn1c(=S)[nH]c(=S)n(C/C=C/CC=C)c1=S. The molecule has 1 aromatic heterocycles. The van der Waals surface area contributed by atoms with Gasteiger partial charge in [0.1, 0.15) is 0 Å². The van der Waals surface area contributed by atoms with Crippen molar-refractivity contribution in [1.29, 1.82) is 0 Å². The van der Waals surface area contributed by atoms with Gasteiger partial charge in [0.25, 0.3) is 0 Å². The summed E-state index contributed by atoms with van der Waals surface area (Å²) in [5.41, 5.74) is 0. The standard InChI is InChI=1S/C15H19N3S3/c1-3-5-7-9-11-17-13(19)16-14(20)18(15(17)21)12-10-8-6-4-2/h3-4,7-10H,1-2,5-6,11-12H2,(H,16,19,20)/b9-7-,10-8+. The lowest BCUT2D eigenvalue weighted by atomic mass is 10.3. The van der Waals surface area contributed by atoms with Gasteiger partial charge in [-0.25, -0.2) is 0 Å². The highest BCUT2D eigenvalue weighted by molar-refractivity contribution is 7.72. The van der Waals surface area contributed by atoms with Crippen LogP contribution < -0.4 is 0 Å². The summed E-state index contributed by atoms with van der Waals surface area (Å²) in [6.07, 6.45) is 13.4. The molecule has 6 heteroatoms. The molecule has 1 rings (SSSR count). The van der Waals surface area contributed by atoms with Crippen molar-refractivity contribution >= 4 is 36.7 Å². The molecule has 0 aliphatic heterocycles. The summed E-state index contributed by atoms with van der Waals surface area (Å²) in [5, 5.41) is 0. The van der Waals surface area contributed by atoms with Gasteiger partial charge in [-0.15, -0.1) is 13.2 Å². The molecule has 0 saturated heterocycles. The van der Waals surface area contributed by atoms with Crippen LogP contribution in [-0.2, 0) is 13.1 Å². The van der Waals surface area contributed by atoms with Gasteiger partial charge in [-0.2, -0.15) is 0 Å². The molecule has 1 aromatic rings. The summed E-state index contributed by atoms with van der Waals surface area (Å²) >= 11 is 16.1. The average molecular weight is 338 g/mol. The first kappa shape index (κ1) is 17.7. The molecule has 1 heterocycles. The smallest absolute Gasteiger partial charge is 0.184 e. The fourth-order valence-corrected chi connectivity index (χ4v) is 2.64. The maximum Gasteiger partial charge on any atom is 0.184 e. The Kier molecular flexibility index (Phi) is 8.04. The molecule has 0 fully saturated rings. The molecule has 3 nitrogen and oxygen atoms in total. The molecule has 0 aliphatic rings. The van der Waals surface area contributed by atoms with Crippen molar-refractivity contribution in [3.8, 4) is 0 Å². The van der Waals surface area contributed by atoms with Gasteiger partial charge in [-0.3, -0.25) is 9.13 Å². The minimum Gasteiger partial charge on any atom is -0.309 e. The molecule has 0 radical (unpaired) electrons. The lowest BCUT2D eigenvalue weighted by Gasteiger charge is -2.10. The number of hydrogen-bond acceptors (Lipinski definition) is 3. The molecule has 21 heavy (non-hydrogen) atoms. The van der Waals surface area contributed by atoms with E-state index in [-0.39, 0.29) is 0 Å². The molecule has 1 N–H and O–H groups in total. The maximum absolute atomic E-state index is 5.49. The van der Waals surface area contributed by atoms with E-state index >= 15 is 0 Å². The number of hydrogen-bond donors (Lipinski definition) is 1. The number of allylic oxidation sites excluding steroid dienone is 6. The summed E-state index contributed by atoms with van der Waals surface area (Å²) in [4.78, 5) is 3.01. The second-order valence-electron chi connectivity index (χ2n) is 4.23. The van der Waals surface area contributed by atoms with Gasteiger partial charge < -0.3 is 4.98 Å². The number of nitrogens with zero attached hydrogens (tertiary/aromatic N) is 2. The van der Waals surface area contributed by atoms with E-state index in [4.69, 9.17) is 36.7 Å². The van der Waals surface area contributed by atoms with Gasteiger partial charge in [0.2, 0.25) is 0 Å². The number of aromatic nitrogens is 3. The molecule has 0 bridgehead atoms. The molecular weight excluding hydrogens is 318 g/mol. The Morgan fingerprint density at radius 3 is 1.62 bits per heavy atom. The van der Waals surface area contributed by atoms with Crippen molar-refractivity contribution in [1.82, 2.24) is 14.1 Å². The third-order valence-electron chi connectivity index (χ3n) is 2.68. The topological polar surface area (TPSA) is 25.6 Å². The van der Waals surface area contributed by atoms with Crippen LogP contribution in [0.4, 0.5) is 0 Å². The average Bonchev–Trinajstić information content (AvgIpc) is 2.45. The largest absolute Gasteiger partial charge is 0.309 e. The zero-order valence-corrected chi connectivity index (χ0v) is 14.3. The number of nitrogens with one attached hydrogen (secondary N) is 1. The monoisotopic (exact) mass is 337 g/mol. The van der Waals surface area contributed by atoms with Crippen LogP contribution in [-0.4, -0.2) is 14.1 Å². The van der Waals surface area contributed by atoms with Crippen molar-refractivity contribution in [2.45, 2.75) is 25.9 Å². The van der Waals surface area contributed by atoms with Gasteiger partial charge in [-0.1, -0.05) is 36.5 Å². The summed E-state index contributed by atoms with van der Waals surface area (Å²) < 4.78 is 5.40. The van der Waals surface area contributed by atoms with Crippen molar-refractivity contribution in [2.75, 3.05) is 0 Å². The zero-order valence-electron chi connectivity index (χ0n) is 11.8. The van der Waals surface area contributed by atoms with Crippen molar-refractivity contribution in [2.24, 2.45) is 0 Å². The van der Waals surface area contributed by atoms with Crippen LogP contribution in [0.25, 0.3) is 0 Å². The molecule has 0 atom stereocenters. The van der Waals surface area contributed by atoms with E-state index in [2.05, 4.69) is 18.1 Å². The molecular formula is C15H19N3S3. The predicted molar refractivity (Wildman–Crippen MR) is 97.2 cm³/mol. The zero-order chi connectivity index (χ0) is 15.7. The third kappa shape index (κ3) is 5.49. The van der Waals surface area contributed by atoms with Crippen LogP contribution in [0.2, 0.25) is 0 Å². The Balaban J connectivity index is 3.07. The molecule has 0 unspecified atom stereocenters. The Morgan fingerprint density at radius 1 is 0.810 bits per heavy atom. The second-order valence-corrected chi connectivity index (χ2v) is 5.37. The molecule has 112 valence electrons. The molecule has 0 saturated carbocycles. The highest BCUT2D eigenvalue weighted by Gasteiger charge is 2.00. The van der Waals surface area contributed by atoms with Crippen LogP contribution >= 0.6 is 36.7 Å². The lowest BCUT2D eigenvalue weighted by Crippen LogP contribution is -2.13. The minimum absolute atomic E-state index is 0.541. The van der Waals surface area contributed by atoms with Crippen LogP contribution in [0.5, 0.6) is 0 Å². The highest BCUT2D eigenvalue weighted by atomic mass is 32.1. The normalized spacial score (nSPS) is 11.2. The fraction of sp³-hybridized carbons (Fsp3) is 0.267. The van der Waals surface area contributed by atoms with Crippen LogP contribution in [0.15, 0.2) is 49.6 Å². The fourth-order valence-electron chi connectivity index (χ4n) is 1.61.